The third kappa shape index (κ3) is 2.78. The van der Waals surface area contributed by atoms with Crippen LogP contribution in [0.25, 0.3) is 0 Å². The molecule has 0 amide bonds. The zero-order valence-corrected chi connectivity index (χ0v) is 10.4. The minimum atomic E-state index is -0.895. The zero-order valence-electron chi connectivity index (χ0n) is 10.4. The van der Waals surface area contributed by atoms with Crippen molar-refractivity contribution in [2.75, 3.05) is 7.11 Å². The molecule has 1 aromatic heterocycles. The molecule has 0 saturated carbocycles. The zero-order chi connectivity index (χ0) is 13.7. The smallest absolute Gasteiger partial charge is 0.186 e. The van der Waals surface area contributed by atoms with Crippen LogP contribution in [0.15, 0.2) is 48.7 Å². The number of ether oxygens (including phenoxy) is 1. The summed E-state index contributed by atoms with van der Waals surface area (Å²) in [5.74, 6) is -0.586. The summed E-state index contributed by atoms with van der Waals surface area (Å²) < 4.78 is 5.07. The first-order chi connectivity index (χ1) is 9.26. The van der Waals surface area contributed by atoms with Crippen molar-refractivity contribution in [3.8, 4) is 11.8 Å². The lowest BCUT2D eigenvalue weighted by molar-refractivity contribution is 0.0977. The van der Waals surface area contributed by atoms with Gasteiger partial charge in [-0.1, -0.05) is 18.2 Å². The molecule has 0 aliphatic rings. The van der Waals surface area contributed by atoms with Crippen LogP contribution in [0.2, 0.25) is 0 Å². The summed E-state index contributed by atoms with van der Waals surface area (Å²) in [5, 5.41) is 9.20. The number of methoxy groups -OCH3 is 1. The molecule has 1 aromatic carbocycles. The van der Waals surface area contributed by atoms with Gasteiger partial charge in [0.15, 0.2) is 11.7 Å². The van der Waals surface area contributed by atoms with Crippen LogP contribution >= 0.6 is 0 Å². The van der Waals surface area contributed by atoms with Crippen molar-refractivity contribution in [3.05, 3.63) is 59.9 Å². The van der Waals surface area contributed by atoms with E-state index in [4.69, 9.17) is 4.74 Å². The van der Waals surface area contributed by atoms with Crippen LogP contribution in [0.4, 0.5) is 0 Å². The van der Waals surface area contributed by atoms with Crippen molar-refractivity contribution >= 4 is 5.78 Å². The molecule has 2 aromatic rings. The molecular formula is C15H12N2O2. The number of ketones is 1. The van der Waals surface area contributed by atoms with E-state index in [2.05, 4.69) is 4.98 Å². The highest BCUT2D eigenvalue weighted by molar-refractivity contribution is 6.02. The van der Waals surface area contributed by atoms with Crippen LogP contribution in [0.3, 0.4) is 0 Å². The van der Waals surface area contributed by atoms with E-state index >= 15 is 0 Å². The highest BCUT2D eigenvalue weighted by Crippen LogP contribution is 2.21. The fourth-order valence-electron chi connectivity index (χ4n) is 1.75. The van der Waals surface area contributed by atoms with Crippen molar-refractivity contribution in [1.82, 2.24) is 4.98 Å². The molecule has 1 unspecified atom stereocenters. The number of hydrogen-bond donors (Lipinski definition) is 0. The van der Waals surface area contributed by atoms with Gasteiger partial charge in [-0.3, -0.25) is 9.78 Å². The number of benzene rings is 1. The largest absolute Gasteiger partial charge is 0.497 e. The van der Waals surface area contributed by atoms with Crippen molar-refractivity contribution in [2.24, 2.45) is 0 Å². The number of nitriles is 1. The van der Waals surface area contributed by atoms with E-state index in [1.807, 2.05) is 6.07 Å². The minimum absolute atomic E-state index is 0.278. The fourth-order valence-corrected chi connectivity index (χ4v) is 1.75. The number of Topliss-reactive ketones (excluding diaryl/α,β-unsaturated/α-hetero) is 1. The molecule has 0 radical (unpaired) electrons. The predicted octanol–water partition coefficient (Wildman–Crippen LogP) is 2.58. The summed E-state index contributed by atoms with van der Waals surface area (Å²) in [5.41, 5.74) is 0.898. The first-order valence-electron chi connectivity index (χ1n) is 5.75. The summed E-state index contributed by atoms with van der Waals surface area (Å²) >= 11 is 0. The average molecular weight is 252 g/mol. The maximum absolute atomic E-state index is 12.3. The molecule has 1 heterocycles. The second-order valence-corrected chi connectivity index (χ2v) is 3.91. The molecule has 0 aliphatic carbocycles. The molecule has 0 saturated heterocycles. The quantitative estimate of drug-likeness (QED) is 0.784. The van der Waals surface area contributed by atoms with Gasteiger partial charge >= 0.3 is 0 Å². The van der Waals surface area contributed by atoms with E-state index in [1.165, 1.54) is 7.11 Å². The molecule has 2 rings (SSSR count). The van der Waals surface area contributed by atoms with Crippen LogP contribution in [0.5, 0.6) is 5.75 Å². The van der Waals surface area contributed by atoms with Gasteiger partial charge in [0.1, 0.15) is 5.75 Å². The van der Waals surface area contributed by atoms with Crippen molar-refractivity contribution in [3.63, 3.8) is 0 Å². The molecule has 0 bridgehead atoms. The minimum Gasteiger partial charge on any atom is -0.497 e. The van der Waals surface area contributed by atoms with Crippen LogP contribution < -0.4 is 4.74 Å². The van der Waals surface area contributed by atoms with Crippen LogP contribution in [-0.4, -0.2) is 17.9 Å². The van der Waals surface area contributed by atoms with Gasteiger partial charge in [-0.25, -0.2) is 0 Å². The van der Waals surface area contributed by atoms with Gasteiger partial charge in [0.25, 0.3) is 0 Å². The van der Waals surface area contributed by atoms with Gasteiger partial charge < -0.3 is 4.74 Å². The summed E-state index contributed by atoms with van der Waals surface area (Å²) in [6, 6.07) is 13.9. The second kappa shape index (κ2) is 5.78. The Kier molecular flexibility index (Phi) is 3.89. The van der Waals surface area contributed by atoms with E-state index in [9.17, 15) is 10.1 Å². The monoisotopic (exact) mass is 252 g/mol. The molecule has 1 atom stereocenters. The number of aromatic nitrogens is 1. The Labute approximate surface area is 111 Å². The summed E-state index contributed by atoms with van der Waals surface area (Å²) in [6.07, 6.45) is 1.57. The predicted molar refractivity (Wildman–Crippen MR) is 69.9 cm³/mol. The lowest BCUT2D eigenvalue weighted by atomic mass is 9.95. The number of rotatable bonds is 4. The molecular weight excluding hydrogens is 240 g/mol. The Bertz CT molecular complexity index is 618. The maximum Gasteiger partial charge on any atom is 0.186 e. The highest BCUT2D eigenvalue weighted by atomic mass is 16.5. The van der Waals surface area contributed by atoms with Gasteiger partial charge in [0, 0.05) is 11.8 Å². The summed E-state index contributed by atoms with van der Waals surface area (Å²) in [4.78, 5) is 16.4. The Hall–Kier alpha value is -2.67. The Morgan fingerprint density at radius 1 is 1.32 bits per heavy atom. The van der Waals surface area contributed by atoms with E-state index in [0.29, 0.717) is 17.0 Å². The summed E-state index contributed by atoms with van der Waals surface area (Å²) in [6.45, 7) is 0. The topological polar surface area (TPSA) is 63.0 Å². The van der Waals surface area contributed by atoms with E-state index in [-0.39, 0.29) is 5.78 Å². The first-order valence-corrected chi connectivity index (χ1v) is 5.75. The normalized spacial score (nSPS) is 11.4. The van der Waals surface area contributed by atoms with Gasteiger partial charge in [-0.15, -0.1) is 0 Å². The Balaban J connectivity index is 2.34. The molecule has 4 heteroatoms. The SMILES string of the molecule is COc1cccc(C(=O)C(C#N)c2ccccn2)c1. The van der Waals surface area contributed by atoms with Gasteiger partial charge in [-0.05, 0) is 24.3 Å². The maximum atomic E-state index is 12.3. The Morgan fingerprint density at radius 2 is 2.16 bits per heavy atom. The number of nitrogens with zero attached hydrogens (tertiary/aromatic N) is 2. The highest BCUT2D eigenvalue weighted by Gasteiger charge is 2.22. The molecule has 0 aliphatic heterocycles. The number of carbonyl (C=O) groups is 1. The Morgan fingerprint density at radius 3 is 2.79 bits per heavy atom. The lowest BCUT2D eigenvalue weighted by Crippen LogP contribution is -2.12. The lowest BCUT2D eigenvalue weighted by Gasteiger charge is -2.08. The second-order valence-electron chi connectivity index (χ2n) is 3.91. The third-order valence-corrected chi connectivity index (χ3v) is 2.73. The van der Waals surface area contributed by atoms with E-state index in [1.54, 1.807) is 48.7 Å². The number of hydrogen-bond acceptors (Lipinski definition) is 4. The van der Waals surface area contributed by atoms with Crippen molar-refractivity contribution < 1.29 is 9.53 Å². The molecule has 19 heavy (non-hydrogen) atoms. The van der Waals surface area contributed by atoms with Gasteiger partial charge in [-0.2, -0.15) is 5.26 Å². The number of carbonyl (C=O) groups excluding carboxylic acids is 1. The average Bonchev–Trinajstić information content (AvgIpc) is 2.49. The van der Waals surface area contributed by atoms with Crippen molar-refractivity contribution in [1.29, 1.82) is 5.26 Å². The number of pyridine rings is 1. The van der Waals surface area contributed by atoms with Gasteiger partial charge in [0.05, 0.1) is 18.9 Å². The molecule has 0 spiro atoms. The van der Waals surface area contributed by atoms with Crippen LogP contribution in [0.1, 0.15) is 22.0 Å². The fraction of sp³-hybridized carbons (Fsp3) is 0.133. The van der Waals surface area contributed by atoms with E-state index in [0.717, 1.165) is 0 Å². The molecule has 4 nitrogen and oxygen atoms in total. The standard InChI is InChI=1S/C15H12N2O2/c1-19-12-6-4-5-11(9-12)15(18)13(10-16)14-7-2-3-8-17-14/h2-9,13H,1H3. The van der Waals surface area contributed by atoms with E-state index < -0.39 is 5.92 Å². The van der Waals surface area contributed by atoms with Crippen LogP contribution in [0, 0.1) is 11.3 Å². The first kappa shape index (κ1) is 12.8. The molecule has 0 fully saturated rings. The van der Waals surface area contributed by atoms with Crippen molar-refractivity contribution in [2.45, 2.75) is 5.92 Å². The molecule has 0 N–H and O–H groups in total. The van der Waals surface area contributed by atoms with Gasteiger partial charge in [0.2, 0.25) is 0 Å². The summed E-state index contributed by atoms with van der Waals surface area (Å²) in [7, 11) is 1.53. The molecule has 94 valence electrons. The third-order valence-electron chi connectivity index (χ3n) is 2.73. The van der Waals surface area contributed by atoms with Crippen LogP contribution in [-0.2, 0) is 0 Å².